The van der Waals surface area contributed by atoms with Gasteiger partial charge in [-0.25, -0.2) is 9.78 Å². The van der Waals surface area contributed by atoms with Crippen LogP contribution in [0.3, 0.4) is 0 Å². The van der Waals surface area contributed by atoms with Gasteiger partial charge in [-0.3, -0.25) is 9.59 Å². The zero-order valence-corrected chi connectivity index (χ0v) is 17.4. The summed E-state index contributed by atoms with van der Waals surface area (Å²) in [6.45, 7) is 8.29. The van der Waals surface area contributed by atoms with E-state index in [-0.39, 0.29) is 24.4 Å². The minimum Gasteiger partial charge on any atom is -0.469 e. The number of hydrogen-bond donors (Lipinski definition) is 0. The first-order chi connectivity index (χ1) is 13.7. The molecule has 9 nitrogen and oxygen atoms in total. The van der Waals surface area contributed by atoms with Crippen molar-refractivity contribution in [2.45, 2.75) is 32.8 Å². The fraction of sp³-hybridized carbons (Fsp3) is 0.600. The summed E-state index contributed by atoms with van der Waals surface area (Å²) in [5, 5.41) is 0. The monoisotopic (exact) mass is 404 g/mol. The van der Waals surface area contributed by atoms with E-state index in [0.717, 1.165) is 5.82 Å². The van der Waals surface area contributed by atoms with E-state index in [4.69, 9.17) is 9.47 Å². The van der Waals surface area contributed by atoms with Crippen molar-refractivity contribution in [2.75, 3.05) is 49.6 Å². The second-order valence-corrected chi connectivity index (χ2v) is 8.26. The molecule has 29 heavy (non-hydrogen) atoms. The zero-order chi connectivity index (χ0) is 21.2. The molecule has 158 valence electrons. The lowest BCUT2D eigenvalue weighted by Gasteiger charge is -2.36. The van der Waals surface area contributed by atoms with E-state index in [2.05, 4.69) is 9.88 Å². The van der Waals surface area contributed by atoms with Gasteiger partial charge in [0.15, 0.2) is 0 Å². The molecular weight excluding hydrogens is 376 g/mol. The standard InChI is InChI=1S/C20H28N4O5/c1-20(2,3)29-19(27)23-9-7-22(8-10-23)16-6-5-15(12-21-16)24-13-14(11-17(24)25)18(26)28-4/h5-6,12,14H,7-11,13H2,1-4H3. The Morgan fingerprint density at radius 1 is 1.14 bits per heavy atom. The van der Waals surface area contributed by atoms with Crippen molar-refractivity contribution < 1.29 is 23.9 Å². The van der Waals surface area contributed by atoms with Crippen molar-refractivity contribution in [3.05, 3.63) is 18.3 Å². The number of carbonyl (C=O) groups excluding carboxylic acids is 3. The Labute approximate surface area is 170 Å². The number of aromatic nitrogens is 1. The molecule has 0 aromatic carbocycles. The van der Waals surface area contributed by atoms with Crippen molar-refractivity contribution in [3.8, 4) is 0 Å². The molecule has 3 rings (SSSR count). The SMILES string of the molecule is COC(=O)C1CC(=O)N(c2ccc(N3CCN(C(=O)OC(C)(C)C)CC3)nc2)C1. The van der Waals surface area contributed by atoms with E-state index in [9.17, 15) is 14.4 Å². The summed E-state index contributed by atoms with van der Waals surface area (Å²) in [6.07, 6.45) is 1.50. The molecule has 0 saturated carbocycles. The van der Waals surface area contributed by atoms with Crippen LogP contribution >= 0.6 is 0 Å². The fourth-order valence-corrected chi connectivity index (χ4v) is 3.45. The van der Waals surface area contributed by atoms with Gasteiger partial charge in [-0.15, -0.1) is 0 Å². The number of piperazine rings is 1. The maximum absolute atomic E-state index is 12.2. The van der Waals surface area contributed by atoms with Crippen LogP contribution in [-0.2, 0) is 19.1 Å². The molecule has 0 aliphatic carbocycles. The Hall–Kier alpha value is -2.84. The number of amides is 2. The summed E-state index contributed by atoms with van der Waals surface area (Å²) < 4.78 is 10.2. The van der Waals surface area contributed by atoms with Gasteiger partial charge in [-0.05, 0) is 32.9 Å². The number of carbonyl (C=O) groups is 3. The van der Waals surface area contributed by atoms with E-state index < -0.39 is 11.5 Å². The van der Waals surface area contributed by atoms with Crippen LogP contribution in [-0.4, -0.2) is 73.3 Å². The summed E-state index contributed by atoms with van der Waals surface area (Å²) in [6, 6.07) is 3.69. The van der Waals surface area contributed by atoms with Gasteiger partial charge in [0.25, 0.3) is 0 Å². The molecule has 2 saturated heterocycles. The maximum Gasteiger partial charge on any atom is 0.410 e. The molecule has 1 unspecified atom stereocenters. The predicted octanol–water partition coefficient (Wildman–Crippen LogP) is 1.66. The van der Waals surface area contributed by atoms with E-state index in [1.165, 1.54) is 7.11 Å². The number of methoxy groups -OCH3 is 1. The van der Waals surface area contributed by atoms with Gasteiger partial charge < -0.3 is 24.2 Å². The van der Waals surface area contributed by atoms with Gasteiger partial charge in [0.2, 0.25) is 5.91 Å². The molecular formula is C20H28N4O5. The highest BCUT2D eigenvalue weighted by atomic mass is 16.6. The molecule has 2 fully saturated rings. The third kappa shape index (κ3) is 4.96. The van der Waals surface area contributed by atoms with Gasteiger partial charge in [0.05, 0.1) is 24.9 Å². The number of ether oxygens (including phenoxy) is 2. The van der Waals surface area contributed by atoms with E-state index in [1.807, 2.05) is 32.9 Å². The molecule has 0 spiro atoms. The molecule has 1 aromatic rings. The first-order valence-corrected chi connectivity index (χ1v) is 9.75. The first-order valence-electron chi connectivity index (χ1n) is 9.75. The normalized spacial score (nSPS) is 20.1. The number of pyridine rings is 1. The number of hydrogen-bond acceptors (Lipinski definition) is 7. The lowest BCUT2D eigenvalue weighted by Crippen LogP contribution is -2.50. The van der Waals surface area contributed by atoms with Crippen LogP contribution in [0.2, 0.25) is 0 Å². The summed E-state index contributed by atoms with van der Waals surface area (Å²) in [5.41, 5.74) is 0.156. The van der Waals surface area contributed by atoms with Crippen molar-refractivity contribution in [1.82, 2.24) is 9.88 Å². The highest BCUT2D eigenvalue weighted by Gasteiger charge is 2.36. The molecule has 3 heterocycles. The van der Waals surface area contributed by atoms with E-state index >= 15 is 0 Å². The van der Waals surface area contributed by atoms with Gasteiger partial charge in [-0.1, -0.05) is 0 Å². The van der Waals surface area contributed by atoms with Crippen LogP contribution in [0.1, 0.15) is 27.2 Å². The first kappa shape index (κ1) is 20.9. The van der Waals surface area contributed by atoms with Crippen LogP contribution in [0.25, 0.3) is 0 Å². The van der Waals surface area contributed by atoms with Crippen molar-refractivity contribution in [1.29, 1.82) is 0 Å². The van der Waals surface area contributed by atoms with Crippen molar-refractivity contribution in [3.63, 3.8) is 0 Å². The van der Waals surface area contributed by atoms with Crippen LogP contribution in [0, 0.1) is 5.92 Å². The average molecular weight is 404 g/mol. The summed E-state index contributed by atoms with van der Waals surface area (Å²) in [7, 11) is 1.33. The number of rotatable bonds is 3. The highest BCUT2D eigenvalue weighted by Crippen LogP contribution is 2.27. The van der Waals surface area contributed by atoms with Crippen molar-refractivity contribution >= 4 is 29.5 Å². The topological polar surface area (TPSA) is 92.3 Å². The quantitative estimate of drug-likeness (QED) is 0.708. The van der Waals surface area contributed by atoms with Gasteiger partial charge >= 0.3 is 12.1 Å². The third-order valence-corrected chi connectivity index (χ3v) is 4.96. The predicted molar refractivity (Wildman–Crippen MR) is 107 cm³/mol. The van der Waals surface area contributed by atoms with Crippen LogP contribution in [0.15, 0.2) is 18.3 Å². The van der Waals surface area contributed by atoms with Crippen molar-refractivity contribution in [2.24, 2.45) is 5.92 Å². The molecule has 9 heteroatoms. The minimum atomic E-state index is -0.508. The van der Waals surface area contributed by atoms with E-state index in [1.54, 1.807) is 16.0 Å². The second-order valence-electron chi connectivity index (χ2n) is 8.26. The third-order valence-electron chi connectivity index (χ3n) is 4.96. The Morgan fingerprint density at radius 3 is 2.38 bits per heavy atom. The highest BCUT2D eigenvalue weighted by molar-refractivity contribution is 5.99. The Balaban J connectivity index is 1.57. The average Bonchev–Trinajstić information content (AvgIpc) is 3.08. The Morgan fingerprint density at radius 2 is 1.83 bits per heavy atom. The molecule has 1 aromatic heterocycles. The lowest BCUT2D eigenvalue weighted by molar-refractivity contribution is -0.145. The molecule has 0 radical (unpaired) electrons. The number of nitrogens with zero attached hydrogens (tertiary/aromatic N) is 4. The lowest BCUT2D eigenvalue weighted by atomic mass is 10.1. The van der Waals surface area contributed by atoms with E-state index in [0.29, 0.717) is 38.4 Å². The zero-order valence-electron chi connectivity index (χ0n) is 17.4. The molecule has 2 aliphatic rings. The Kier molecular flexibility index (Phi) is 5.95. The molecule has 2 amide bonds. The van der Waals surface area contributed by atoms with Gasteiger partial charge in [0.1, 0.15) is 11.4 Å². The molecule has 2 aliphatic heterocycles. The summed E-state index contributed by atoms with van der Waals surface area (Å²) >= 11 is 0. The van der Waals surface area contributed by atoms with Gasteiger partial charge in [0, 0.05) is 39.1 Å². The second kappa shape index (κ2) is 8.26. The van der Waals surface area contributed by atoms with Crippen LogP contribution < -0.4 is 9.80 Å². The Bertz CT molecular complexity index is 766. The van der Waals surface area contributed by atoms with Gasteiger partial charge in [-0.2, -0.15) is 0 Å². The van der Waals surface area contributed by atoms with Crippen LogP contribution in [0.4, 0.5) is 16.3 Å². The smallest absolute Gasteiger partial charge is 0.410 e. The maximum atomic E-state index is 12.2. The fourth-order valence-electron chi connectivity index (χ4n) is 3.45. The van der Waals surface area contributed by atoms with Crippen LogP contribution in [0.5, 0.6) is 0 Å². The molecule has 0 bridgehead atoms. The number of anilines is 2. The summed E-state index contributed by atoms with van der Waals surface area (Å²) in [4.78, 5) is 45.9. The molecule has 0 N–H and O–H groups in total. The minimum absolute atomic E-state index is 0.110. The summed E-state index contributed by atoms with van der Waals surface area (Å²) in [5.74, 6) is -0.129. The number of esters is 1. The largest absolute Gasteiger partial charge is 0.469 e. The molecule has 1 atom stereocenters.